The summed E-state index contributed by atoms with van der Waals surface area (Å²) in [5, 5.41) is 7.91. The van der Waals surface area contributed by atoms with Crippen LogP contribution in [0.25, 0.3) is 0 Å². The van der Waals surface area contributed by atoms with Crippen molar-refractivity contribution in [1.82, 2.24) is 9.78 Å². The van der Waals surface area contributed by atoms with Crippen LogP contribution in [0, 0.1) is 20.8 Å². The first-order chi connectivity index (χ1) is 11.2. The molecule has 1 aliphatic rings. The standard InChI is InChI=1S/C19H25N3OS/c1-11-7-12(2)16(13(3)8-11)18(23)20-17-14-9-24-10-15(14)21-22(17)19(4,5)6/h7-8H,9-10H2,1-6H3,(H,20,23). The molecule has 2 heterocycles. The van der Waals surface area contributed by atoms with E-state index in [9.17, 15) is 4.79 Å². The average Bonchev–Trinajstić information content (AvgIpc) is 2.99. The van der Waals surface area contributed by atoms with Crippen LogP contribution in [0.1, 0.15) is 59.1 Å². The smallest absolute Gasteiger partial charge is 0.257 e. The number of nitrogens with one attached hydrogen (secondary N) is 1. The van der Waals surface area contributed by atoms with Gasteiger partial charge in [-0.1, -0.05) is 17.7 Å². The summed E-state index contributed by atoms with van der Waals surface area (Å²) in [5.74, 6) is 2.64. The van der Waals surface area contributed by atoms with Gasteiger partial charge in [-0.2, -0.15) is 16.9 Å². The van der Waals surface area contributed by atoms with Gasteiger partial charge in [0.05, 0.1) is 11.2 Å². The first-order valence-corrected chi connectivity index (χ1v) is 9.42. The molecule has 5 heteroatoms. The molecular weight excluding hydrogens is 318 g/mol. The van der Waals surface area contributed by atoms with Crippen molar-refractivity contribution in [2.45, 2.75) is 58.6 Å². The zero-order valence-corrected chi connectivity index (χ0v) is 16.1. The number of carbonyl (C=O) groups is 1. The van der Waals surface area contributed by atoms with Crippen LogP contribution in [0.4, 0.5) is 5.82 Å². The number of nitrogens with zero attached hydrogens (tertiary/aromatic N) is 2. The van der Waals surface area contributed by atoms with Crippen molar-refractivity contribution in [3.8, 4) is 0 Å². The van der Waals surface area contributed by atoms with Crippen molar-refractivity contribution in [2.24, 2.45) is 0 Å². The quantitative estimate of drug-likeness (QED) is 0.869. The monoisotopic (exact) mass is 343 g/mol. The third-order valence-corrected chi connectivity index (χ3v) is 5.29. The molecule has 1 N–H and O–H groups in total. The summed E-state index contributed by atoms with van der Waals surface area (Å²) in [4.78, 5) is 13.0. The van der Waals surface area contributed by atoms with Crippen LogP contribution < -0.4 is 5.32 Å². The minimum Gasteiger partial charge on any atom is -0.306 e. The Balaban J connectivity index is 2.02. The molecule has 0 saturated carbocycles. The van der Waals surface area contributed by atoms with Gasteiger partial charge < -0.3 is 5.32 Å². The fraction of sp³-hybridized carbons (Fsp3) is 0.474. The van der Waals surface area contributed by atoms with Crippen LogP contribution in [-0.2, 0) is 17.0 Å². The lowest BCUT2D eigenvalue weighted by molar-refractivity contribution is 0.102. The highest BCUT2D eigenvalue weighted by atomic mass is 32.2. The number of thioether (sulfide) groups is 1. The molecule has 1 aromatic heterocycles. The van der Waals surface area contributed by atoms with Gasteiger partial charge in [0.25, 0.3) is 5.91 Å². The third kappa shape index (κ3) is 2.97. The molecule has 0 spiro atoms. The summed E-state index contributed by atoms with van der Waals surface area (Å²) < 4.78 is 1.97. The number of hydrogen-bond donors (Lipinski definition) is 1. The molecular formula is C19H25N3OS. The second kappa shape index (κ2) is 5.96. The third-order valence-electron chi connectivity index (χ3n) is 4.32. The van der Waals surface area contributed by atoms with Crippen LogP contribution in [0.15, 0.2) is 12.1 Å². The van der Waals surface area contributed by atoms with Crippen molar-refractivity contribution in [2.75, 3.05) is 5.32 Å². The summed E-state index contributed by atoms with van der Waals surface area (Å²) in [6.07, 6.45) is 0. The predicted octanol–water partition coefficient (Wildman–Crippen LogP) is 4.56. The van der Waals surface area contributed by atoms with E-state index in [2.05, 4.69) is 45.1 Å². The molecule has 0 unspecified atom stereocenters. The highest BCUT2D eigenvalue weighted by molar-refractivity contribution is 7.98. The number of fused-ring (bicyclic) bond motifs is 1. The number of carbonyl (C=O) groups excluding carboxylic acids is 1. The Labute approximate surface area is 148 Å². The maximum absolute atomic E-state index is 13.0. The van der Waals surface area contributed by atoms with Crippen LogP contribution in [-0.4, -0.2) is 15.7 Å². The van der Waals surface area contributed by atoms with Gasteiger partial charge in [-0.25, -0.2) is 4.68 Å². The molecule has 1 aliphatic heterocycles. The molecule has 24 heavy (non-hydrogen) atoms. The van der Waals surface area contributed by atoms with Crippen molar-refractivity contribution in [1.29, 1.82) is 0 Å². The molecule has 0 radical (unpaired) electrons. The van der Waals surface area contributed by atoms with Gasteiger partial charge in [-0.3, -0.25) is 4.79 Å². The van der Waals surface area contributed by atoms with Crippen molar-refractivity contribution in [3.63, 3.8) is 0 Å². The Kier molecular flexibility index (Phi) is 4.24. The Bertz CT molecular complexity index is 792. The van der Waals surface area contributed by atoms with Crippen molar-refractivity contribution < 1.29 is 4.79 Å². The lowest BCUT2D eigenvalue weighted by Crippen LogP contribution is -2.27. The Hall–Kier alpha value is -1.75. The maximum Gasteiger partial charge on any atom is 0.257 e. The first-order valence-electron chi connectivity index (χ1n) is 8.26. The first kappa shape index (κ1) is 17.1. The Morgan fingerprint density at radius 3 is 2.38 bits per heavy atom. The van der Waals surface area contributed by atoms with Gasteiger partial charge in [-0.15, -0.1) is 0 Å². The molecule has 2 aromatic rings. The van der Waals surface area contributed by atoms with E-state index in [4.69, 9.17) is 5.10 Å². The maximum atomic E-state index is 13.0. The van der Waals surface area contributed by atoms with E-state index < -0.39 is 0 Å². The number of hydrogen-bond acceptors (Lipinski definition) is 3. The predicted molar refractivity (Wildman–Crippen MR) is 101 cm³/mol. The summed E-state index contributed by atoms with van der Waals surface area (Å²) in [6, 6.07) is 4.12. The van der Waals surface area contributed by atoms with Crippen LogP contribution in [0.5, 0.6) is 0 Å². The molecule has 4 nitrogen and oxygen atoms in total. The number of aromatic nitrogens is 2. The SMILES string of the molecule is Cc1cc(C)c(C(=O)Nc2c3c(nn2C(C)(C)C)CSC3)c(C)c1. The van der Waals surface area contributed by atoms with Gasteiger partial charge in [0.15, 0.2) is 0 Å². The van der Waals surface area contributed by atoms with Gasteiger partial charge in [0.1, 0.15) is 5.82 Å². The van der Waals surface area contributed by atoms with E-state index in [1.54, 1.807) is 0 Å². The second-order valence-corrected chi connectivity index (χ2v) is 8.56. The average molecular weight is 343 g/mol. The number of aryl methyl sites for hydroxylation is 3. The van der Waals surface area contributed by atoms with Gasteiger partial charge in [0, 0.05) is 22.6 Å². The number of anilines is 1. The molecule has 0 bridgehead atoms. The lowest BCUT2D eigenvalue weighted by Gasteiger charge is -2.23. The number of rotatable bonds is 2. The summed E-state index contributed by atoms with van der Waals surface area (Å²) in [5.41, 5.74) is 6.07. The molecule has 0 aliphatic carbocycles. The lowest BCUT2D eigenvalue weighted by atomic mass is 9.99. The van der Waals surface area contributed by atoms with Crippen LogP contribution in [0.3, 0.4) is 0 Å². The van der Waals surface area contributed by atoms with E-state index in [0.717, 1.165) is 39.7 Å². The molecule has 0 saturated heterocycles. The van der Waals surface area contributed by atoms with E-state index >= 15 is 0 Å². The van der Waals surface area contributed by atoms with Gasteiger partial charge in [-0.05, 0) is 52.7 Å². The van der Waals surface area contributed by atoms with E-state index in [-0.39, 0.29) is 11.4 Å². The molecule has 1 aromatic carbocycles. The van der Waals surface area contributed by atoms with E-state index in [1.807, 2.05) is 30.3 Å². The fourth-order valence-electron chi connectivity index (χ4n) is 3.34. The molecule has 128 valence electrons. The second-order valence-electron chi connectivity index (χ2n) is 7.58. The summed E-state index contributed by atoms with van der Waals surface area (Å²) in [6.45, 7) is 12.4. The van der Waals surface area contributed by atoms with Crippen molar-refractivity contribution in [3.05, 3.63) is 45.6 Å². The molecule has 0 atom stereocenters. The minimum atomic E-state index is -0.172. The van der Waals surface area contributed by atoms with Crippen LogP contribution in [0.2, 0.25) is 0 Å². The molecule has 0 fully saturated rings. The normalized spacial score (nSPS) is 13.9. The van der Waals surface area contributed by atoms with Gasteiger partial charge in [0.2, 0.25) is 0 Å². The molecule has 3 rings (SSSR count). The van der Waals surface area contributed by atoms with Crippen LogP contribution >= 0.6 is 11.8 Å². The highest BCUT2D eigenvalue weighted by Gasteiger charge is 2.29. The number of benzene rings is 1. The van der Waals surface area contributed by atoms with Gasteiger partial charge >= 0.3 is 0 Å². The van der Waals surface area contributed by atoms with E-state index in [1.165, 1.54) is 11.1 Å². The Morgan fingerprint density at radius 2 is 1.79 bits per heavy atom. The minimum absolute atomic E-state index is 0.0462. The fourth-order valence-corrected chi connectivity index (χ4v) is 4.37. The topological polar surface area (TPSA) is 46.9 Å². The summed E-state index contributed by atoms with van der Waals surface area (Å²) >= 11 is 1.85. The largest absolute Gasteiger partial charge is 0.306 e. The zero-order chi connectivity index (χ0) is 17.6. The summed E-state index contributed by atoms with van der Waals surface area (Å²) in [7, 11) is 0. The Morgan fingerprint density at radius 1 is 1.17 bits per heavy atom. The number of amides is 1. The highest BCUT2D eigenvalue weighted by Crippen LogP contribution is 2.37. The molecule has 1 amide bonds. The van der Waals surface area contributed by atoms with Crippen molar-refractivity contribution >= 4 is 23.5 Å². The zero-order valence-electron chi connectivity index (χ0n) is 15.3. The van der Waals surface area contributed by atoms with E-state index in [0.29, 0.717) is 0 Å².